The maximum Gasteiger partial charge on any atom is 0.120 e. The van der Waals surface area contributed by atoms with Crippen molar-refractivity contribution in [2.24, 2.45) is 52.3 Å². The van der Waals surface area contributed by atoms with Crippen LogP contribution in [0.5, 0.6) is 0 Å². The minimum Gasteiger partial charge on any atom is -0.494 e. The third kappa shape index (κ3) is 4.04. The molecule has 10 atom stereocenters. The Morgan fingerprint density at radius 2 is 1.85 bits per heavy atom. The standard InChI is InChI=1S/C32H50O2/c1-21(2)9-8-10-22(3)26-14-15-27-25-13-12-23-19-24(33)20-29(30-11-6-7-18-34-30)32(23,5)28(25)16-17-31(26,27)4/h6-7,11-12,18,21-22,24-30,33H,8-10,13-17,19-20H2,1-5H3/t22-,24-,25+,26-,27+,28+,29?,30?,31-,32-/m1/s1. The van der Waals surface area contributed by atoms with E-state index >= 15 is 0 Å². The monoisotopic (exact) mass is 466 g/mol. The van der Waals surface area contributed by atoms with Gasteiger partial charge in [0.05, 0.1) is 12.4 Å². The number of rotatable bonds is 6. The zero-order chi connectivity index (χ0) is 24.1. The summed E-state index contributed by atoms with van der Waals surface area (Å²) in [5.74, 6) is 5.38. The fourth-order valence-electron chi connectivity index (χ4n) is 9.92. The summed E-state index contributed by atoms with van der Waals surface area (Å²) in [6.07, 6.45) is 23.5. The molecule has 0 radical (unpaired) electrons. The van der Waals surface area contributed by atoms with Gasteiger partial charge in [0.1, 0.15) is 6.10 Å². The summed E-state index contributed by atoms with van der Waals surface area (Å²) in [4.78, 5) is 0. The molecule has 0 spiro atoms. The van der Waals surface area contributed by atoms with Gasteiger partial charge in [-0.15, -0.1) is 0 Å². The van der Waals surface area contributed by atoms with E-state index in [9.17, 15) is 5.11 Å². The van der Waals surface area contributed by atoms with Crippen molar-refractivity contribution in [2.45, 2.75) is 111 Å². The highest BCUT2D eigenvalue weighted by molar-refractivity contribution is 5.29. The highest BCUT2D eigenvalue weighted by Gasteiger charge is 2.61. The fourth-order valence-corrected chi connectivity index (χ4v) is 9.92. The lowest BCUT2D eigenvalue weighted by atomic mass is 9.44. The third-order valence-corrected chi connectivity index (χ3v) is 11.6. The summed E-state index contributed by atoms with van der Waals surface area (Å²) in [6, 6.07) is 0. The van der Waals surface area contributed by atoms with Crippen molar-refractivity contribution < 1.29 is 9.84 Å². The molecule has 190 valence electrons. The van der Waals surface area contributed by atoms with Gasteiger partial charge >= 0.3 is 0 Å². The molecular weight excluding hydrogens is 416 g/mol. The van der Waals surface area contributed by atoms with Crippen LogP contribution in [0.25, 0.3) is 0 Å². The molecule has 34 heavy (non-hydrogen) atoms. The highest BCUT2D eigenvalue weighted by atomic mass is 16.5. The lowest BCUT2D eigenvalue weighted by Gasteiger charge is -2.61. The smallest absolute Gasteiger partial charge is 0.120 e. The van der Waals surface area contributed by atoms with Crippen molar-refractivity contribution in [3.63, 3.8) is 0 Å². The van der Waals surface area contributed by atoms with Gasteiger partial charge in [-0.2, -0.15) is 0 Å². The second-order valence-corrected chi connectivity index (χ2v) is 13.7. The van der Waals surface area contributed by atoms with E-state index in [2.05, 4.69) is 52.8 Å². The zero-order valence-electron chi connectivity index (χ0n) is 22.5. The number of fused-ring (bicyclic) bond motifs is 5. The van der Waals surface area contributed by atoms with Crippen molar-refractivity contribution in [1.29, 1.82) is 0 Å². The quantitative estimate of drug-likeness (QED) is 0.401. The van der Waals surface area contributed by atoms with E-state index in [4.69, 9.17) is 4.74 Å². The summed E-state index contributed by atoms with van der Waals surface area (Å²) >= 11 is 0. The molecule has 0 saturated heterocycles. The summed E-state index contributed by atoms with van der Waals surface area (Å²) < 4.78 is 6.16. The topological polar surface area (TPSA) is 29.5 Å². The maximum absolute atomic E-state index is 10.8. The van der Waals surface area contributed by atoms with E-state index in [0.29, 0.717) is 11.3 Å². The summed E-state index contributed by atoms with van der Waals surface area (Å²) in [5.41, 5.74) is 2.22. The Labute approximate surface area is 209 Å². The number of hydrogen-bond acceptors (Lipinski definition) is 2. The molecule has 2 unspecified atom stereocenters. The van der Waals surface area contributed by atoms with Crippen molar-refractivity contribution in [1.82, 2.24) is 0 Å². The SMILES string of the molecule is CC(C)CCC[C@@H](C)[C@H]1CC[C@H]2[C@@H]3CC=C4C[C@@H](O)CC(C5C=CC=CO5)[C@@]4(C)[C@H]3CC[C@]12C. The first-order valence-electron chi connectivity index (χ1n) is 14.6. The molecule has 4 aliphatic carbocycles. The van der Waals surface area contributed by atoms with Crippen LogP contribution in [0.4, 0.5) is 0 Å². The molecule has 0 bridgehead atoms. The lowest BCUT2D eigenvalue weighted by Crippen LogP contribution is -2.56. The van der Waals surface area contributed by atoms with Gasteiger partial charge in [-0.25, -0.2) is 0 Å². The second kappa shape index (κ2) is 9.45. The highest BCUT2D eigenvalue weighted by Crippen LogP contribution is 2.68. The van der Waals surface area contributed by atoms with E-state index in [-0.39, 0.29) is 17.6 Å². The van der Waals surface area contributed by atoms with Gasteiger partial charge in [-0.1, -0.05) is 71.6 Å². The Kier molecular flexibility index (Phi) is 6.86. The maximum atomic E-state index is 10.8. The molecule has 2 nitrogen and oxygen atoms in total. The Bertz CT molecular complexity index is 823. The predicted molar refractivity (Wildman–Crippen MR) is 141 cm³/mol. The average molecular weight is 467 g/mol. The average Bonchev–Trinajstić information content (AvgIpc) is 3.16. The Balaban J connectivity index is 1.38. The van der Waals surface area contributed by atoms with Gasteiger partial charge in [0, 0.05) is 5.92 Å². The van der Waals surface area contributed by atoms with Crippen molar-refractivity contribution in [3.05, 3.63) is 36.1 Å². The Hall–Kier alpha value is -1.02. The molecule has 3 saturated carbocycles. The van der Waals surface area contributed by atoms with E-state index < -0.39 is 0 Å². The number of aliphatic hydroxyl groups is 1. The van der Waals surface area contributed by atoms with Crippen LogP contribution in [0.2, 0.25) is 0 Å². The molecule has 1 aliphatic heterocycles. The van der Waals surface area contributed by atoms with Gasteiger partial charge in [-0.05, 0) is 103 Å². The molecule has 0 amide bonds. The largest absolute Gasteiger partial charge is 0.494 e. The first-order chi connectivity index (χ1) is 16.2. The third-order valence-electron chi connectivity index (χ3n) is 11.6. The molecule has 1 heterocycles. The minimum absolute atomic E-state index is 0.0951. The fraction of sp³-hybridized carbons (Fsp3) is 0.812. The summed E-state index contributed by atoms with van der Waals surface area (Å²) in [6.45, 7) is 12.6. The number of ether oxygens (including phenoxy) is 1. The summed E-state index contributed by atoms with van der Waals surface area (Å²) in [7, 11) is 0. The molecule has 2 heteroatoms. The van der Waals surface area contributed by atoms with Crippen molar-refractivity contribution >= 4 is 0 Å². The van der Waals surface area contributed by atoms with Crippen LogP contribution in [0.15, 0.2) is 36.1 Å². The van der Waals surface area contributed by atoms with Crippen LogP contribution in [0.1, 0.15) is 98.8 Å². The number of aliphatic hydroxyl groups excluding tert-OH is 1. The molecule has 5 rings (SSSR count). The molecule has 3 fully saturated rings. The first-order valence-corrected chi connectivity index (χ1v) is 14.6. The lowest BCUT2D eigenvalue weighted by molar-refractivity contribution is -0.0999. The molecule has 5 aliphatic rings. The second-order valence-electron chi connectivity index (χ2n) is 13.7. The van der Waals surface area contributed by atoms with Gasteiger partial charge < -0.3 is 9.84 Å². The zero-order valence-corrected chi connectivity index (χ0v) is 22.5. The molecule has 0 aromatic heterocycles. The van der Waals surface area contributed by atoms with Gasteiger partial charge in [0.15, 0.2) is 0 Å². The van der Waals surface area contributed by atoms with Crippen LogP contribution in [-0.2, 0) is 4.74 Å². The number of hydrogen-bond donors (Lipinski definition) is 1. The summed E-state index contributed by atoms with van der Waals surface area (Å²) in [5, 5.41) is 10.8. The van der Waals surface area contributed by atoms with Crippen LogP contribution in [-0.4, -0.2) is 17.3 Å². The van der Waals surface area contributed by atoms with E-state index in [1.165, 1.54) is 51.4 Å². The predicted octanol–water partition coefficient (Wildman–Crippen LogP) is 8.08. The molecule has 1 N–H and O–H groups in total. The van der Waals surface area contributed by atoms with Crippen LogP contribution in [0, 0.1) is 52.3 Å². The Morgan fingerprint density at radius 1 is 1.03 bits per heavy atom. The van der Waals surface area contributed by atoms with E-state index in [1.807, 2.05) is 12.3 Å². The van der Waals surface area contributed by atoms with Crippen LogP contribution in [0.3, 0.4) is 0 Å². The van der Waals surface area contributed by atoms with E-state index in [1.54, 1.807) is 5.57 Å². The van der Waals surface area contributed by atoms with Crippen LogP contribution < -0.4 is 0 Å². The first kappa shape index (κ1) is 24.7. The minimum atomic E-state index is -0.222. The number of allylic oxidation sites excluding steroid dienone is 3. The van der Waals surface area contributed by atoms with Gasteiger partial charge in [0.25, 0.3) is 0 Å². The molecule has 0 aromatic rings. The van der Waals surface area contributed by atoms with Gasteiger partial charge in [0.2, 0.25) is 0 Å². The normalized spacial score (nSPS) is 46.3. The van der Waals surface area contributed by atoms with Crippen molar-refractivity contribution in [2.75, 3.05) is 0 Å². The molecular formula is C32H50O2. The molecule has 0 aromatic carbocycles. The van der Waals surface area contributed by atoms with Crippen LogP contribution >= 0.6 is 0 Å². The van der Waals surface area contributed by atoms with Gasteiger partial charge in [-0.3, -0.25) is 0 Å². The van der Waals surface area contributed by atoms with E-state index in [0.717, 1.165) is 48.3 Å². The Morgan fingerprint density at radius 3 is 2.59 bits per heavy atom. The van der Waals surface area contributed by atoms with Crippen molar-refractivity contribution in [3.8, 4) is 0 Å².